The molecule has 1 aliphatic heterocycles. The summed E-state index contributed by atoms with van der Waals surface area (Å²) in [6.45, 7) is 4.02. The zero-order valence-corrected chi connectivity index (χ0v) is 10.2. The van der Waals surface area contributed by atoms with E-state index in [1.165, 1.54) is 4.90 Å². The maximum atomic E-state index is 12.1. The molecule has 1 saturated heterocycles. The molecule has 0 aliphatic carbocycles. The number of β-amino-alcohol motifs (C(OH)–C–C–N with tert-alkyl or cyclic N) is 1. The summed E-state index contributed by atoms with van der Waals surface area (Å²) in [5.41, 5.74) is 5.54. The number of carbonyl (C=O) groups excluding carboxylic acids is 1. The minimum atomic E-state index is -1.07. The van der Waals surface area contributed by atoms with Crippen LogP contribution >= 0.6 is 0 Å². The van der Waals surface area contributed by atoms with Gasteiger partial charge < -0.3 is 20.8 Å². The Morgan fingerprint density at radius 1 is 1.47 bits per heavy atom. The number of hydrogen-bond acceptors (Lipinski definition) is 4. The molecule has 4 N–H and O–H groups in total. The molecule has 0 saturated carbocycles. The van der Waals surface area contributed by atoms with Crippen LogP contribution in [0.25, 0.3) is 0 Å². The zero-order chi connectivity index (χ0) is 13.2. The van der Waals surface area contributed by atoms with Crippen molar-refractivity contribution in [3.8, 4) is 0 Å². The molecule has 1 amide bonds. The highest BCUT2D eigenvalue weighted by atomic mass is 16.4. The lowest BCUT2D eigenvalue weighted by Crippen LogP contribution is -2.46. The van der Waals surface area contributed by atoms with Crippen LogP contribution in [-0.4, -0.2) is 52.2 Å². The molecule has 3 atom stereocenters. The molecule has 1 fully saturated rings. The molecule has 0 spiro atoms. The largest absolute Gasteiger partial charge is 0.480 e. The van der Waals surface area contributed by atoms with Crippen LogP contribution in [0, 0.1) is 11.8 Å². The van der Waals surface area contributed by atoms with Crippen molar-refractivity contribution >= 4 is 11.9 Å². The molecule has 1 aliphatic rings. The lowest BCUT2D eigenvalue weighted by Gasteiger charge is -2.27. The Bertz CT molecular complexity index is 306. The molecule has 0 bridgehead atoms. The quantitative estimate of drug-likeness (QED) is 0.604. The monoisotopic (exact) mass is 244 g/mol. The highest BCUT2D eigenvalue weighted by molar-refractivity contribution is 5.86. The topological polar surface area (TPSA) is 104 Å². The van der Waals surface area contributed by atoms with E-state index in [-0.39, 0.29) is 37.3 Å². The Kier molecular flexibility index (Phi) is 4.47. The molecule has 17 heavy (non-hydrogen) atoms. The van der Waals surface area contributed by atoms with Gasteiger partial charge in [0.05, 0.1) is 12.0 Å². The van der Waals surface area contributed by atoms with Gasteiger partial charge in [-0.3, -0.25) is 4.79 Å². The summed E-state index contributed by atoms with van der Waals surface area (Å²) in [7, 11) is 0. The van der Waals surface area contributed by atoms with Gasteiger partial charge in [-0.15, -0.1) is 0 Å². The van der Waals surface area contributed by atoms with Crippen LogP contribution < -0.4 is 5.73 Å². The summed E-state index contributed by atoms with van der Waals surface area (Å²) in [5.74, 6) is -1.68. The molecular weight excluding hydrogens is 224 g/mol. The number of likely N-dealkylation sites (tertiary alicyclic amines) is 1. The van der Waals surface area contributed by atoms with Crippen molar-refractivity contribution in [1.29, 1.82) is 0 Å². The molecule has 0 aromatic heterocycles. The van der Waals surface area contributed by atoms with Crippen LogP contribution in [0.2, 0.25) is 0 Å². The van der Waals surface area contributed by atoms with E-state index in [1.807, 2.05) is 13.8 Å². The first-order chi connectivity index (χ1) is 7.88. The van der Waals surface area contributed by atoms with Crippen molar-refractivity contribution in [2.45, 2.75) is 32.4 Å². The summed E-state index contributed by atoms with van der Waals surface area (Å²) in [5, 5.41) is 18.5. The summed E-state index contributed by atoms with van der Waals surface area (Å²) in [6, 6.07) is -0.926. The average Bonchev–Trinajstić information content (AvgIpc) is 2.60. The molecule has 6 heteroatoms. The third-order valence-electron chi connectivity index (χ3n) is 3.22. The molecular formula is C11H20N2O4. The number of carbonyl (C=O) groups is 2. The number of hydrogen-bond donors (Lipinski definition) is 3. The fourth-order valence-electron chi connectivity index (χ4n) is 2.16. The standard InChI is InChI=1S/C11H20N2O4/c1-6(2)8(4-12)10(15)13-5-7(14)3-9(13)11(16)17/h6-9,14H,3-5,12H2,1-2H3,(H,16,17)/t7-,8?,9+/m1/s1. The van der Waals surface area contributed by atoms with Crippen molar-refractivity contribution in [1.82, 2.24) is 4.90 Å². The summed E-state index contributed by atoms with van der Waals surface area (Å²) in [6.07, 6.45) is -0.665. The van der Waals surface area contributed by atoms with Crippen LogP contribution in [0.15, 0.2) is 0 Å². The summed E-state index contributed by atoms with van der Waals surface area (Å²) >= 11 is 0. The van der Waals surface area contributed by atoms with Crippen molar-refractivity contribution in [3.63, 3.8) is 0 Å². The maximum Gasteiger partial charge on any atom is 0.326 e. The smallest absolute Gasteiger partial charge is 0.326 e. The molecule has 1 rings (SSSR count). The first kappa shape index (κ1) is 13.9. The number of aliphatic hydroxyl groups is 1. The van der Waals surface area contributed by atoms with Crippen LogP contribution in [-0.2, 0) is 9.59 Å². The number of nitrogens with zero attached hydrogens (tertiary/aromatic N) is 1. The second-order valence-corrected chi connectivity index (χ2v) is 4.82. The molecule has 0 aromatic rings. The van der Waals surface area contributed by atoms with Gasteiger partial charge in [-0.25, -0.2) is 4.79 Å². The van der Waals surface area contributed by atoms with E-state index in [9.17, 15) is 14.7 Å². The van der Waals surface area contributed by atoms with Gasteiger partial charge in [0, 0.05) is 19.5 Å². The molecule has 98 valence electrons. The number of aliphatic carboxylic acids is 1. The highest BCUT2D eigenvalue weighted by Gasteiger charge is 2.41. The number of carboxylic acids is 1. The lowest BCUT2D eigenvalue weighted by molar-refractivity contribution is -0.150. The van der Waals surface area contributed by atoms with Gasteiger partial charge in [-0.05, 0) is 5.92 Å². The molecule has 1 heterocycles. The van der Waals surface area contributed by atoms with Crippen LogP contribution in [0.4, 0.5) is 0 Å². The van der Waals surface area contributed by atoms with Gasteiger partial charge in [0.15, 0.2) is 0 Å². The normalized spacial score (nSPS) is 26.3. The zero-order valence-electron chi connectivity index (χ0n) is 10.2. The Morgan fingerprint density at radius 3 is 2.47 bits per heavy atom. The van der Waals surface area contributed by atoms with E-state index in [4.69, 9.17) is 10.8 Å². The Morgan fingerprint density at radius 2 is 2.06 bits per heavy atom. The van der Waals surface area contributed by atoms with Gasteiger partial charge in [0.1, 0.15) is 6.04 Å². The van der Waals surface area contributed by atoms with E-state index in [1.54, 1.807) is 0 Å². The van der Waals surface area contributed by atoms with Crippen molar-refractivity contribution in [2.75, 3.05) is 13.1 Å². The van der Waals surface area contributed by atoms with E-state index in [2.05, 4.69) is 0 Å². The van der Waals surface area contributed by atoms with E-state index >= 15 is 0 Å². The number of amides is 1. The van der Waals surface area contributed by atoms with Gasteiger partial charge in [0.25, 0.3) is 0 Å². The van der Waals surface area contributed by atoms with Crippen molar-refractivity contribution in [2.24, 2.45) is 17.6 Å². The average molecular weight is 244 g/mol. The van der Waals surface area contributed by atoms with Gasteiger partial charge in [-0.1, -0.05) is 13.8 Å². The number of aliphatic hydroxyl groups excluding tert-OH is 1. The fraction of sp³-hybridized carbons (Fsp3) is 0.818. The highest BCUT2D eigenvalue weighted by Crippen LogP contribution is 2.23. The van der Waals surface area contributed by atoms with Gasteiger partial charge in [-0.2, -0.15) is 0 Å². The summed E-state index contributed by atoms with van der Waals surface area (Å²) < 4.78 is 0. The number of nitrogens with two attached hydrogens (primary N) is 1. The molecule has 0 aromatic carbocycles. The Labute approximate surface area is 100 Å². The molecule has 1 unspecified atom stereocenters. The maximum absolute atomic E-state index is 12.1. The SMILES string of the molecule is CC(C)C(CN)C(=O)N1C[C@H](O)C[C@H]1C(=O)O. The third-order valence-corrected chi connectivity index (χ3v) is 3.22. The van der Waals surface area contributed by atoms with Crippen molar-refractivity contribution in [3.05, 3.63) is 0 Å². The second kappa shape index (κ2) is 5.46. The fourth-order valence-corrected chi connectivity index (χ4v) is 2.16. The van der Waals surface area contributed by atoms with E-state index < -0.39 is 18.1 Å². The Hall–Kier alpha value is -1.14. The van der Waals surface area contributed by atoms with E-state index in [0.29, 0.717) is 0 Å². The first-order valence-electron chi connectivity index (χ1n) is 5.79. The minimum Gasteiger partial charge on any atom is -0.480 e. The third kappa shape index (κ3) is 2.95. The predicted molar refractivity (Wildman–Crippen MR) is 61.1 cm³/mol. The Balaban J connectivity index is 2.83. The predicted octanol–water partition coefficient (Wildman–Crippen LogP) is -0.736. The second-order valence-electron chi connectivity index (χ2n) is 4.82. The van der Waals surface area contributed by atoms with Crippen LogP contribution in [0.3, 0.4) is 0 Å². The van der Waals surface area contributed by atoms with Crippen LogP contribution in [0.1, 0.15) is 20.3 Å². The first-order valence-corrected chi connectivity index (χ1v) is 5.79. The number of carboxylic acid groups (broad SMARTS) is 1. The molecule has 6 nitrogen and oxygen atoms in total. The van der Waals surface area contributed by atoms with Crippen molar-refractivity contribution < 1.29 is 19.8 Å². The van der Waals surface area contributed by atoms with Gasteiger partial charge in [0.2, 0.25) is 5.91 Å². The summed E-state index contributed by atoms with van der Waals surface area (Å²) in [4.78, 5) is 24.4. The minimum absolute atomic E-state index is 0.0553. The van der Waals surface area contributed by atoms with Gasteiger partial charge >= 0.3 is 5.97 Å². The number of rotatable bonds is 4. The van der Waals surface area contributed by atoms with E-state index in [0.717, 1.165) is 0 Å². The molecule has 0 radical (unpaired) electrons. The lowest BCUT2D eigenvalue weighted by atomic mass is 9.94. The van der Waals surface area contributed by atoms with Crippen LogP contribution in [0.5, 0.6) is 0 Å².